The van der Waals surface area contributed by atoms with Crippen molar-refractivity contribution in [3.8, 4) is 6.19 Å². The minimum absolute atomic E-state index is 0.104. The van der Waals surface area contributed by atoms with Crippen LogP contribution < -0.4 is 5.32 Å². The first-order valence-electron chi connectivity index (χ1n) is 5.18. The molecule has 17 heavy (non-hydrogen) atoms. The van der Waals surface area contributed by atoms with E-state index in [1.54, 1.807) is 25.2 Å². The number of carbonyl (C=O) groups excluding carboxylic acids is 1. The molecule has 0 spiro atoms. The summed E-state index contributed by atoms with van der Waals surface area (Å²) in [4.78, 5) is 15.2. The first-order chi connectivity index (χ1) is 8.27. The number of hydrogen-bond acceptors (Lipinski definition) is 4. The van der Waals surface area contributed by atoms with Crippen LogP contribution in [0.15, 0.2) is 35.3 Å². The lowest BCUT2D eigenvalue weighted by atomic mass is 10.2. The van der Waals surface area contributed by atoms with Crippen molar-refractivity contribution in [2.24, 2.45) is 4.99 Å². The number of carbonyl (C=O) groups is 1. The number of rotatable bonds is 4. The summed E-state index contributed by atoms with van der Waals surface area (Å²) in [6.07, 6.45) is 1.79. The lowest BCUT2D eigenvalue weighted by Gasteiger charge is -2.04. The van der Waals surface area contributed by atoms with E-state index in [-0.39, 0.29) is 6.54 Å². The van der Waals surface area contributed by atoms with Crippen LogP contribution >= 0.6 is 0 Å². The predicted octanol–water partition coefficient (Wildman–Crippen LogP) is 1.07. The van der Waals surface area contributed by atoms with Gasteiger partial charge < -0.3 is 4.74 Å². The highest BCUT2D eigenvalue weighted by molar-refractivity contribution is 6.00. The van der Waals surface area contributed by atoms with Crippen LogP contribution in [0.2, 0.25) is 0 Å². The van der Waals surface area contributed by atoms with Gasteiger partial charge in [0.25, 0.3) is 0 Å². The molecule has 0 radical (unpaired) electrons. The molecule has 0 aromatic heterocycles. The molecule has 1 aromatic rings. The molecule has 0 saturated carbocycles. The molecule has 1 N–H and O–H groups in total. The fourth-order valence-corrected chi connectivity index (χ4v) is 1.20. The number of amidine groups is 1. The molecule has 88 valence electrons. The summed E-state index contributed by atoms with van der Waals surface area (Å²) in [5, 5.41) is 11.1. The van der Waals surface area contributed by atoms with E-state index in [1.807, 2.05) is 18.2 Å². The Balaban J connectivity index is 2.76. The van der Waals surface area contributed by atoms with Crippen LogP contribution in [0.5, 0.6) is 0 Å². The molecule has 0 aliphatic heterocycles. The molecule has 0 aliphatic rings. The quantitative estimate of drug-likeness (QED) is 0.276. The number of hydrogen-bond donors (Lipinski definition) is 1. The molecule has 0 bridgehead atoms. The molecule has 0 atom stereocenters. The van der Waals surface area contributed by atoms with Gasteiger partial charge in [-0.2, -0.15) is 5.26 Å². The number of aliphatic imine (C=N–C) groups is 1. The molecule has 0 amide bonds. The largest absolute Gasteiger partial charge is 0.465 e. The molecule has 1 rings (SSSR count). The number of nitrogens with zero attached hydrogens (tertiary/aromatic N) is 2. The number of nitriles is 1. The van der Waals surface area contributed by atoms with Crippen LogP contribution in [-0.2, 0) is 9.53 Å². The average Bonchev–Trinajstić information content (AvgIpc) is 2.36. The Morgan fingerprint density at radius 2 is 2.18 bits per heavy atom. The normalized spacial score (nSPS) is 10.5. The van der Waals surface area contributed by atoms with Gasteiger partial charge in [0, 0.05) is 5.56 Å². The van der Waals surface area contributed by atoms with Crippen molar-refractivity contribution in [2.45, 2.75) is 6.92 Å². The van der Waals surface area contributed by atoms with Crippen molar-refractivity contribution < 1.29 is 9.53 Å². The first kappa shape index (κ1) is 12.7. The molecule has 0 saturated heterocycles. The standard InChI is InChI=1S/C12H13N3O2/c1-2-17-11(16)8-14-12(15-9-13)10-6-4-3-5-7-10/h3-7H,2,8H2,1H3,(H,14,15). The van der Waals surface area contributed by atoms with Gasteiger partial charge in [-0.1, -0.05) is 30.3 Å². The summed E-state index contributed by atoms with van der Waals surface area (Å²) >= 11 is 0. The van der Waals surface area contributed by atoms with E-state index >= 15 is 0 Å². The highest BCUT2D eigenvalue weighted by atomic mass is 16.5. The third-order valence-corrected chi connectivity index (χ3v) is 1.89. The maximum Gasteiger partial charge on any atom is 0.327 e. The Hall–Kier alpha value is -2.35. The van der Waals surface area contributed by atoms with Gasteiger partial charge in [-0.25, -0.2) is 0 Å². The average molecular weight is 231 g/mol. The molecule has 0 fully saturated rings. The van der Waals surface area contributed by atoms with Crippen LogP contribution in [-0.4, -0.2) is 25.0 Å². The monoisotopic (exact) mass is 231 g/mol. The molecule has 5 heteroatoms. The summed E-state index contributed by atoms with van der Waals surface area (Å²) in [5.74, 6) is -0.0539. The predicted molar refractivity (Wildman–Crippen MR) is 63.2 cm³/mol. The van der Waals surface area contributed by atoms with E-state index in [1.165, 1.54) is 0 Å². The molecule has 0 aliphatic carbocycles. The molecular formula is C12H13N3O2. The highest BCUT2D eigenvalue weighted by Gasteiger charge is 2.04. The minimum Gasteiger partial charge on any atom is -0.465 e. The van der Waals surface area contributed by atoms with Crippen molar-refractivity contribution >= 4 is 11.8 Å². The zero-order valence-electron chi connectivity index (χ0n) is 9.51. The molecule has 1 aromatic carbocycles. The van der Waals surface area contributed by atoms with Crippen molar-refractivity contribution in [2.75, 3.05) is 13.2 Å². The Morgan fingerprint density at radius 3 is 2.76 bits per heavy atom. The van der Waals surface area contributed by atoms with E-state index in [0.717, 1.165) is 5.56 Å². The maximum atomic E-state index is 11.1. The summed E-state index contributed by atoms with van der Waals surface area (Å²) < 4.78 is 4.75. The van der Waals surface area contributed by atoms with E-state index in [9.17, 15) is 4.79 Å². The van der Waals surface area contributed by atoms with Crippen molar-refractivity contribution in [1.82, 2.24) is 5.32 Å². The van der Waals surface area contributed by atoms with E-state index in [0.29, 0.717) is 12.4 Å². The number of esters is 1. The van der Waals surface area contributed by atoms with Gasteiger partial charge in [0.05, 0.1) is 6.61 Å². The minimum atomic E-state index is -0.416. The number of ether oxygens (including phenoxy) is 1. The molecular weight excluding hydrogens is 218 g/mol. The Morgan fingerprint density at radius 1 is 1.47 bits per heavy atom. The fraction of sp³-hybridized carbons (Fsp3) is 0.250. The third kappa shape index (κ3) is 4.34. The van der Waals surface area contributed by atoms with Gasteiger partial charge >= 0.3 is 5.97 Å². The van der Waals surface area contributed by atoms with Crippen molar-refractivity contribution in [3.05, 3.63) is 35.9 Å². The summed E-state index contributed by atoms with van der Waals surface area (Å²) in [5.41, 5.74) is 0.748. The zero-order chi connectivity index (χ0) is 12.5. The van der Waals surface area contributed by atoms with Crippen LogP contribution in [0, 0.1) is 11.5 Å². The van der Waals surface area contributed by atoms with Crippen LogP contribution in [0.25, 0.3) is 0 Å². The van der Waals surface area contributed by atoms with Gasteiger partial charge in [0.1, 0.15) is 12.4 Å². The van der Waals surface area contributed by atoms with Gasteiger partial charge in [-0.05, 0) is 6.92 Å². The second-order valence-corrected chi connectivity index (χ2v) is 3.07. The first-order valence-corrected chi connectivity index (χ1v) is 5.18. The molecule has 0 heterocycles. The Bertz CT molecular complexity index is 435. The Kier molecular flexibility index (Phi) is 5.25. The van der Waals surface area contributed by atoms with E-state index in [4.69, 9.17) is 10.00 Å². The number of benzene rings is 1. The van der Waals surface area contributed by atoms with Crippen molar-refractivity contribution in [1.29, 1.82) is 5.26 Å². The lowest BCUT2D eigenvalue weighted by molar-refractivity contribution is -0.141. The van der Waals surface area contributed by atoms with Crippen LogP contribution in [0.3, 0.4) is 0 Å². The summed E-state index contributed by atoms with van der Waals surface area (Å²) in [7, 11) is 0. The molecule has 5 nitrogen and oxygen atoms in total. The Labute approximate surface area is 99.7 Å². The second kappa shape index (κ2) is 7.01. The molecule has 0 unspecified atom stereocenters. The van der Waals surface area contributed by atoms with Gasteiger partial charge in [-0.3, -0.25) is 15.1 Å². The van der Waals surface area contributed by atoms with Gasteiger partial charge in [0.2, 0.25) is 0 Å². The lowest BCUT2D eigenvalue weighted by Crippen LogP contribution is -2.21. The van der Waals surface area contributed by atoms with Crippen molar-refractivity contribution in [3.63, 3.8) is 0 Å². The second-order valence-electron chi connectivity index (χ2n) is 3.07. The van der Waals surface area contributed by atoms with Gasteiger partial charge in [0.15, 0.2) is 6.19 Å². The smallest absolute Gasteiger partial charge is 0.327 e. The fourth-order valence-electron chi connectivity index (χ4n) is 1.20. The summed E-state index contributed by atoms with van der Waals surface area (Å²) in [6, 6.07) is 9.12. The third-order valence-electron chi connectivity index (χ3n) is 1.89. The van der Waals surface area contributed by atoms with Gasteiger partial charge in [-0.15, -0.1) is 0 Å². The topological polar surface area (TPSA) is 74.5 Å². The number of nitrogens with one attached hydrogen (secondary N) is 1. The SMILES string of the molecule is CCOC(=O)CN=C(NC#N)c1ccccc1. The van der Waals surface area contributed by atoms with Crippen LogP contribution in [0.1, 0.15) is 12.5 Å². The van der Waals surface area contributed by atoms with E-state index < -0.39 is 5.97 Å². The van der Waals surface area contributed by atoms with E-state index in [2.05, 4.69) is 10.3 Å². The van der Waals surface area contributed by atoms with Crippen LogP contribution in [0.4, 0.5) is 0 Å². The maximum absolute atomic E-state index is 11.1. The zero-order valence-corrected chi connectivity index (χ0v) is 9.51. The highest BCUT2D eigenvalue weighted by Crippen LogP contribution is 1.99. The summed E-state index contributed by atoms with van der Waals surface area (Å²) in [6.45, 7) is 1.95.